The molecule has 35 heavy (non-hydrogen) atoms. The van der Waals surface area contributed by atoms with Gasteiger partial charge in [-0.05, 0) is 82.1 Å². The lowest BCUT2D eigenvalue weighted by molar-refractivity contribution is 0.0676. The Bertz CT molecular complexity index is 1350. The zero-order valence-electron chi connectivity index (χ0n) is 17.5. The van der Waals surface area contributed by atoms with E-state index in [4.69, 9.17) is 0 Å². The molecule has 0 amide bonds. The van der Waals surface area contributed by atoms with E-state index >= 15 is 0 Å². The number of carboxylic acid groups (broad SMARTS) is 4. The Kier molecular flexibility index (Phi) is 5.77. The van der Waals surface area contributed by atoms with E-state index in [2.05, 4.69) is 20.6 Å². The zero-order valence-corrected chi connectivity index (χ0v) is 17.5. The Morgan fingerprint density at radius 3 is 1.17 bits per heavy atom. The van der Waals surface area contributed by atoms with Crippen LogP contribution in [0.25, 0.3) is 33.6 Å². The van der Waals surface area contributed by atoms with Crippen molar-refractivity contribution < 1.29 is 39.6 Å². The number of nitrogens with one attached hydrogen (secondary N) is 1. The predicted octanol–water partition coefficient (Wildman–Crippen LogP) is 2.99. The maximum atomic E-state index is 11.6. The topological polar surface area (TPSA) is 204 Å². The van der Waals surface area contributed by atoms with Gasteiger partial charge in [-0.3, -0.25) is 0 Å². The number of carbonyl (C=O) groups is 4. The molecule has 0 radical (unpaired) electrons. The van der Waals surface area contributed by atoms with E-state index in [-0.39, 0.29) is 39.2 Å². The van der Waals surface area contributed by atoms with Crippen LogP contribution in [0.5, 0.6) is 0 Å². The lowest BCUT2D eigenvalue weighted by atomic mass is 9.92. The Labute approximate surface area is 195 Å². The van der Waals surface area contributed by atoms with Gasteiger partial charge in [0.2, 0.25) is 5.82 Å². The van der Waals surface area contributed by atoms with Gasteiger partial charge < -0.3 is 20.4 Å². The fourth-order valence-corrected chi connectivity index (χ4v) is 3.46. The summed E-state index contributed by atoms with van der Waals surface area (Å²) in [6.07, 6.45) is 0. The van der Waals surface area contributed by atoms with E-state index in [9.17, 15) is 39.6 Å². The van der Waals surface area contributed by atoms with Crippen LogP contribution < -0.4 is 0 Å². The minimum atomic E-state index is -1.33. The third-order valence-corrected chi connectivity index (χ3v) is 5.06. The molecule has 0 saturated heterocycles. The Morgan fingerprint density at radius 1 is 0.514 bits per heavy atom. The quantitative estimate of drug-likeness (QED) is 0.263. The summed E-state index contributed by atoms with van der Waals surface area (Å²) in [5.74, 6) is -5.17. The van der Waals surface area contributed by atoms with Crippen molar-refractivity contribution in [3.8, 4) is 33.6 Å². The van der Waals surface area contributed by atoms with E-state index in [1.54, 1.807) is 18.2 Å². The first-order valence-corrected chi connectivity index (χ1v) is 9.75. The normalized spacial score (nSPS) is 10.6. The standard InChI is InChI=1S/C23H14N4O8/c28-20(29)15-4-12(5-16(8-15)21(30)31)10-1-11(3-14(2-10)19-24-26-27-25-19)13-6-17(22(32)33)9-18(7-13)23(34)35/h1-9H,(H,28,29)(H,30,31)(H,32,33)(H,34,35)(H,24,25,26,27). The number of aromatic carboxylic acids is 4. The molecule has 0 fully saturated rings. The molecule has 174 valence electrons. The van der Waals surface area contributed by atoms with E-state index in [1.165, 1.54) is 24.3 Å². The number of aromatic amines is 1. The third-order valence-electron chi connectivity index (χ3n) is 5.06. The summed E-state index contributed by atoms with van der Waals surface area (Å²) in [5, 5.41) is 51.4. The highest BCUT2D eigenvalue weighted by Crippen LogP contribution is 2.33. The number of hydrogen-bond acceptors (Lipinski definition) is 7. The van der Waals surface area contributed by atoms with Gasteiger partial charge in [0, 0.05) is 5.56 Å². The van der Waals surface area contributed by atoms with Gasteiger partial charge in [-0.25, -0.2) is 19.2 Å². The second kappa shape index (κ2) is 8.86. The van der Waals surface area contributed by atoms with E-state index in [1.807, 2.05) is 0 Å². The van der Waals surface area contributed by atoms with Crippen LogP contribution in [0.3, 0.4) is 0 Å². The average Bonchev–Trinajstić information content (AvgIpc) is 3.38. The SMILES string of the molecule is O=C(O)c1cc(C(=O)O)cc(-c2cc(-c3cc(C(=O)O)cc(C(=O)O)c3)cc(-c3nn[nH]n3)c2)c1. The monoisotopic (exact) mass is 474 g/mol. The van der Waals surface area contributed by atoms with Crippen LogP contribution in [0.15, 0.2) is 54.6 Å². The molecule has 1 aromatic heterocycles. The van der Waals surface area contributed by atoms with E-state index in [0.29, 0.717) is 16.7 Å². The number of aromatic nitrogens is 4. The Hall–Kier alpha value is -5.39. The summed E-state index contributed by atoms with van der Waals surface area (Å²) in [6.45, 7) is 0. The number of H-pyrrole nitrogens is 1. The summed E-state index contributed by atoms with van der Waals surface area (Å²) in [4.78, 5) is 46.3. The van der Waals surface area contributed by atoms with Gasteiger partial charge in [0.05, 0.1) is 22.3 Å². The van der Waals surface area contributed by atoms with Crippen molar-refractivity contribution in [3.63, 3.8) is 0 Å². The van der Waals surface area contributed by atoms with E-state index in [0.717, 1.165) is 12.1 Å². The molecule has 1 heterocycles. The highest BCUT2D eigenvalue weighted by molar-refractivity contribution is 5.98. The smallest absolute Gasteiger partial charge is 0.335 e. The predicted molar refractivity (Wildman–Crippen MR) is 118 cm³/mol. The second-order valence-corrected chi connectivity index (χ2v) is 7.35. The molecule has 5 N–H and O–H groups in total. The Balaban J connectivity index is 2.00. The highest BCUT2D eigenvalue weighted by atomic mass is 16.4. The number of rotatable bonds is 7. The number of carboxylic acids is 4. The molecule has 12 heteroatoms. The second-order valence-electron chi connectivity index (χ2n) is 7.35. The molecule has 0 aliphatic rings. The number of benzene rings is 3. The van der Waals surface area contributed by atoms with Crippen LogP contribution in [0.2, 0.25) is 0 Å². The first-order valence-electron chi connectivity index (χ1n) is 9.75. The minimum Gasteiger partial charge on any atom is -0.478 e. The van der Waals surface area contributed by atoms with Crippen LogP contribution in [0.4, 0.5) is 0 Å². The van der Waals surface area contributed by atoms with Crippen molar-refractivity contribution in [1.82, 2.24) is 20.6 Å². The van der Waals surface area contributed by atoms with Crippen molar-refractivity contribution >= 4 is 23.9 Å². The molecule has 0 aliphatic carbocycles. The molecule has 0 bridgehead atoms. The third kappa shape index (κ3) is 4.71. The van der Waals surface area contributed by atoms with Crippen LogP contribution in [-0.2, 0) is 0 Å². The summed E-state index contributed by atoms with van der Waals surface area (Å²) in [6, 6.07) is 11.9. The maximum Gasteiger partial charge on any atom is 0.335 e. The van der Waals surface area contributed by atoms with Gasteiger partial charge in [-0.2, -0.15) is 5.21 Å². The van der Waals surface area contributed by atoms with Gasteiger partial charge in [0.1, 0.15) is 0 Å². The maximum absolute atomic E-state index is 11.6. The van der Waals surface area contributed by atoms with Crippen molar-refractivity contribution in [1.29, 1.82) is 0 Å². The molecule has 3 aromatic carbocycles. The summed E-state index contributed by atoms with van der Waals surface area (Å²) < 4.78 is 0. The molecule has 0 saturated carbocycles. The van der Waals surface area contributed by atoms with Crippen molar-refractivity contribution in [3.05, 3.63) is 76.9 Å². The highest BCUT2D eigenvalue weighted by Gasteiger charge is 2.17. The van der Waals surface area contributed by atoms with E-state index < -0.39 is 23.9 Å². The summed E-state index contributed by atoms with van der Waals surface area (Å²) in [5.41, 5.74) is 0.528. The molecule has 0 aliphatic heterocycles. The average molecular weight is 474 g/mol. The first-order chi connectivity index (χ1) is 16.6. The molecule has 0 spiro atoms. The lowest BCUT2D eigenvalue weighted by Gasteiger charge is -2.12. The molecular weight excluding hydrogens is 460 g/mol. The van der Waals surface area contributed by atoms with Crippen molar-refractivity contribution in [2.75, 3.05) is 0 Å². The summed E-state index contributed by atoms with van der Waals surface area (Å²) >= 11 is 0. The molecule has 4 rings (SSSR count). The van der Waals surface area contributed by atoms with Crippen LogP contribution in [-0.4, -0.2) is 64.9 Å². The van der Waals surface area contributed by atoms with Gasteiger partial charge in [0.15, 0.2) is 0 Å². The lowest BCUT2D eigenvalue weighted by Crippen LogP contribution is -2.04. The van der Waals surface area contributed by atoms with Gasteiger partial charge in [-0.1, -0.05) is 0 Å². The van der Waals surface area contributed by atoms with Crippen LogP contribution in [0.1, 0.15) is 41.4 Å². The largest absolute Gasteiger partial charge is 0.478 e. The van der Waals surface area contributed by atoms with Gasteiger partial charge in [0.25, 0.3) is 0 Å². The first kappa shape index (κ1) is 22.8. The Morgan fingerprint density at radius 2 is 0.857 bits per heavy atom. The van der Waals surface area contributed by atoms with Crippen molar-refractivity contribution in [2.45, 2.75) is 0 Å². The summed E-state index contributed by atoms with van der Waals surface area (Å²) in [7, 11) is 0. The number of hydrogen-bond donors (Lipinski definition) is 5. The fourth-order valence-electron chi connectivity index (χ4n) is 3.46. The van der Waals surface area contributed by atoms with Crippen LogP contribution in [0, 0.1) is 0 Å². The molecular formula is C23H14N4O8. The molecule has 0 atom stereocenters. The van der Waals surface area contributed by atoms with Crippen molar-refractivity contribution in [2.24, 2.45) is 0 Å². The number of tetrazole rings is 1. The van der Waals surface area contributed by atoms with Gasteiger partial charge in [-0.15, -0.1) is 10.2 Å². The fraction of sp³-hybridized carbons (Fsp3) is 0. The zero-order chi connectivity index (χ0) is 25.3. The molecule has 4 aromatic rings. The molecule has 12 nitrogen and oxygen atoms in total. The van der Waals surface area contributed by atoms with Crippen LogP contribution >= 0.6 is 0 Å². The minimum absolute atomic E-state index is 0.147. The van der Waals surface area contributed by atoms with Gasteiger partial charge >= 0.3 is 23.9 Å². The molecule has 0 unspecified atom stereocenters. The number of nitrogens with zero attached hydrogens (tertiary/aromatic N) is 3.